The number of rotatable bonds is 5. The lowest BCUT2D eigenvalue weighted by atomic mass is 10.1. The van der Waals surface area contributed by atoms with E-state index in [4.69, 9.17) is 16.3 Å². The van der Waals surface area contributed by atoms with Crippen LogP contribution in [0.1, 0.15) is 18.2 Å². The highest BCUT2D eigenvalue weighted by Crippen LogP contribution is 2.18. The number of aromatic amines is 1. The number of hydrogen-bond acceptors (Lipinski definition) is 4. The molecule has 0 radical (unpaired) electrons. The lowest BCUT2D eigenvalue weighted by molar-refractivity contribution is -0.139. The summed E-state index contributed by atoms with van der Waals surface area (Å²) < 4.78 is 6.15. The molecule has 0 aliphatic heterocycles. The summed E-state index contributed by atoms with van der Waals surface area (Å²) in [5.41, 5.74) is 2.33. The molecule has 2 aromatic carbocycles. The van der Waals surface area contributed by atoms with Crippen molar-refractivity contribution in [3.05, 3.63) is 81.2 Å². The highest BCUT2D eigenvalue weighted by molar-refractivity contribution is 6.30. The Morgan fingerprint density at radius 1 is 1.15 bits per heavy atom. The Balaban J connectivity index is 2.11. The van der Waals surface area contributed by atoms with Gasteiger partial charge in [0.15, 0.2) is 0 Å². The Morgan fingerprint density at radius 3 is 2.44 bits per heavy atom. The standard InChI is InChI=1S/C20H18ClN3O3/c1-13(22-15-10-8-14(21)9-11-15)19-17(12-18(25)27-2)23-24(20(19)26)16-6-4-3-5-7-16/h3-11,23H,12H2,1-2H3. The summed E-state index contributed by atoms with van der Waals surface area (Å²) in [7, 11) is 1.31. The van der Waals surface area contributed by atoms with E-state index in [0.717, 1.165) is 0 Å². The van der Waals surface area contributed by atoms with Gasteiger partial charge in [-0.25, -0.2) is 4.68 Å². The van der Waals surface area contributed by atoms with Gasteiger partial charge in [0.05, 0.1) is 41.9 Å². The fourth-order valence-corrected chi connectivity index (χ4v) is 2.85. The molecule has 3 rings (SSSR count). The first kappa shape index (κ1) is 18.7. The van der Waals surface area contributed by atoms with Gasteiger partial charge in [-0.15, -0.1) is 0 Å². The number of para-hydroxylation sites is 1. The van der Waals surface area contributed by atoms with E-state index in [2.05, 4.69) is 10.1 Å². The summed E-state index contributed by atoms with van der Waals surface area (Å²) in [6.07, 6.45) is -0.0611. The summed E-state index contributed by atoms with van der Waals surface area (Å²) >= 11 is 5.90. The van der Waals surface area contributed by atoms with Crippen LogP contribution in [0.4, 0.5) is 5.69 Å². The second-order valence-electron chi connectivity index (χ2n) is 5.87. The van der Waals surface area contributed by atoms with Crippen molar-refractivity contribution in [2.45, 2.75) is 13.3 Å². The molecular formula is C20H18ClN3O3. The highest BCUT2D eigenvalue weighted by atomic mass is 35.5. The van der Waals surface area contributed by atoms with Crippen molar-refractivity contribution >= 4 is 29.0 Å². The molecule has 0 unspecified atom stereocenters. The quantitative estimate of drug-likeness (QED) is 0.539. The number of methoxy groups -OCH3 is 1. The van der Waals surface area contributed by atoms with Crippen LogP contribution < -0.4 is 5.56 Å². The molecule has 1 N–H and O–H groups in total. The Hall–Kier alpha value is -3.12. The van der Waals surface area contributed by atoms with Crippen molar-refractivity contribution in [3.63, 3.8) is 0 Å². The maximum absolute atomic E-state index is 13.0. The Morgan fingerprint density at radius 2 is 1.81 bits per heavy atom. The number of halogens is 1. The van der Waals surface area contributed by atoms with E-state index >= 15 is 0 Å². The molecule has 7 heteroatoms. The van der Waals surface area contributed by atoms with Crippen molar-refractivity contribution < 1.29 is 9.53 Å². The van der Waals surface area contributed by atoms with Gasteiger partial charge in [0.2, 0.25) is 0 Å². The molecular weight excluding hydrogens is 366 g/mol. The third-order valence-corrected chi connectivity index (χ3v) is 4.27. The largest absolute Gasteiger partial charge is 0.469 e. The summed E-state index contributed by atoms with van der Waals surface area (Å²) in [5.74, 6) is -0.447. The molecule has 27 heavy (non-hydrogen) atoms. The molecule has 0 amide bonds. The molecule has 0 aliphatic carbocycles. The number of benzene rings is 2. The number of nitrogens with zero attached hydrogens (tertiary/aromatic N) is 2. The van der Waals surface area contributed by atoms with Gasteiger partial charge in [-0.1, -0.05) is 29.8 Å². The van der Waals surface area contributed by atoms with Crippen LogP contribution in [0.5, 0.6) is 0 Å². The normalized spacial score (nSPS) is 11.4. The maximum atomic E-state index is 13.0. The van der Waals surface area contributed by atoms with E-state index in [0.29, 0.717) is 33.4 Å². The van der Waals surface area contributed by atoms with E-state index in [1.807, 2.05) is 18.2 Å². The number of esters is 1. The summed E-state index contributed by atoms with van der Waals surface area (Å²) in [5, 5.41) is 3.61. The zero-order valence-electron chi connectivity index (χ0n) is 14.9. The molecule has 0 bridgehead atoms. The van der Waals surface area contributed by atoms with Gasteiger partial charge in [-0.05, 0) is 43.3 Å². The number of aliphatic imine (C=N–C) groups is 1. The van der Waals surface area contributed by atoms with Gasteiger partial charge >= 0.3 is 5.97 Å². The minimum atomic E-state index is -0.447. The average molecular weight is 384 g/mol. The zero-order valence-corrected chi connectivity index (χ0v) is 15.7. The first-order chi connectivity index (χ1) is 13.0. The van der Waals surface area contributed by atoms with Crippen LogP contribution in [0, 0.1) is 0 Å². The van der Waals surface area contributed by atoms with Crippen molar-refractivity contribution in [2.24, 2.45) is 4.99 Å². The van der Waals surface area contributed by atoms with E-state index < -0.39 is 5.97 Å². The van der Waals surface area contributed by atoms with Crippen LogP contribution in [-0.2, 0) is 16.0 Å². The topological polar surface area (TPSA) is 76.5 Å². The smallest absolute Gasteiger partial charge is 0.311 e. The molecule has 0 atom stereocenters. The molecule has 0 spiro atoms. The first-order valence-corrected chi connectivity index (χ1v) is 8.64. The SMILES string of the molecule is COC(=O)Cc1[nH]n(-c2ccccc2)c(=O)c1C(C)=Nc1ccc(Cl)cc1. The van der Waals surface area contributed by atoms with Gasteiger partial charge < -0.3 is 4.74 Å². The predicted molar refractivity (Wildman–Crippen MR) is 105 cm³/mol. The van der Waals surface area contributed by atoms with E-state index in [9.17, 15) is 9.59 Å². The van der Waals surface area contributed by atoms with Gasteiger partial charge in [-0.3, -0.25) is 19.7 Å². The van der Waals surface area contributed by atoms with Crippen LogP contribution in [0.2, 0.25) is 5.02 Å². The van der Waals surface area contributed by atoms with Gasteiger partial charge in [0.25, 0.3) is 5.56 Å². The zero-order chi connectivity index (χ0) is 19.4. The Kier molecular flexibility index (Phi) is 5.57. The van der Waals surface area contributed by atoms with Crippen molar-refractivity contribution in [3.8, 4) is 5.69 Å². The van der Waals surface area contributed by atoms with E-state index in [1.54, 1.807) is 43.3 Å². The predicted octanol–water partition coefficient (Wildman–Crippen LogP) is 3.68. The van der Waals surface area contributed by atoms with Crippen molar-refractivity contribution in [1.82, 2.24) is 9.78 Å². The van der Waals surface area contributed by atoms with Crippen LogP contribution in [-0.4, -0.2) is 28.6 Å². The molecule has 6 nitrogen and oxygen atoms in total. The van der Waals surface area contributed by atoms with Gasteiger partial charge in [0, 0.05) is 5.02 Å². The molecule has 0 saturated carbocycles. The van der Waals surface area contributed by atoms with Gasteiger partial charge in [0.1, 0.15) is 0 Å². The number of nitrogens with one attached hydrogen (secondary N) is 1. The molecule has 1 heterocycles. The summed E-state index contributed by atoms with van der Waals surface area (Å²) in [4.78, 5) is 29.3. The number of hydrogen-bond donors (Lipinski definition) is 1. The molecule has 138 valence electrons. The van der Waals surface area contributed by atoms with Crippen LogP contribution in [0.15, 0.2) is 64.4 Å². The first-order valence-electron chi connectivity index (χ1n) is 8.27. The van der Waals surface area contributed by atoms with Crippen LogP contribution in [0.3, 0.4) is 0 Å². The van der Waals surface area contributed by atoms with E-state index in [1.165, 1.54) is 11.8 Å². The second-order valence-corrected chi connectivity index (χ2v) is 6.30. The molecule has 3 aromatic rings. The number of carbonyl (C=O) groups excluding carboxylic acids is 1. The fraction of sp³-hybridized carbons (Fsp3) is 0.150. The summed E-state index contributed by atoms with van der Waals surface area (Å²) in [6.45, 7) is 1.73. The highest BCUT2D eigenvalue weighted by Gasteiger charge is 2.20. The fourth-order valence-electron chi connectivity index (χ4n) is 2.72. The van der Waals surface area contributed by atoms with Crippen molar-refractivity contribution in [1.29, 1.82) is 0 Å². The van der Waals surface area contributed by atoms with Crippen LogP contribution in [0.25, 0.3) is 5.69 Å². The van der Waals surface area contributed by atoms with Crippen molar-refractivity contribution in [2.75, 3.05) is 7.11 Å². The molecule has 0 saturated heterocycles. The minimum Gasteiger partial charge on any atom is -0.469 e. The lowest BCUT2D eigenvalue weighted by Gasteiger charge is -2.02. The number of ether oxygens (including phenoxy) is 1. The number of carbonyl (C=O) groups is 1. The molecule has 1 aromatic heterocycles. The Bertz CT molecular complexity index is 1030. The Labute approximate surface area is 161 Å². The number of aromatic nitrogens is 2. The van der Waals surface area contributed by atoms with E-state index in [-0.39, 0.29) is 12.0 Å². The number of H-pyrrole nitrogens is 1. The molecule has 0 aliphatic rings. The average Bonchev–Trinajstić information content (AvgIpc) is 3.00. The third-order valence-electron chi connectivity index (χ3n) is 4.01. The lowest BCUT2D eigenvalue weighted by Crippen LogP contribution is -2.20. The van der Waals surface area contributed by atoms with Crippen LogP contribution >= 0.6 is 11.6 Å². The minimum absolute atomic E-state index is 0.0611. The maximum Gasteiger partial charge on any atom is 0.311 e. The summed E-state index contributed by atoms with van der Waals surface area (Å²) in [6, 6.07) is 16.1. The third kappa shape index (κ3) is 4.17. The monoisotopic (exact) mass is 383 g/mol. The molecule has 0 fully saturated rings. The van der Waals surface area contributed by atoms with Gasteiger partial charge in [-0.2, -0.15) is 0 Å². The second kappa shape index (κ2) is 8.05.